The molecule has 0 heterocycles. The number of halogens is 1. The summed E-state index contributed by atoms with van der Waals surface area (Å²) in [5.41, 5.74) is 1.03. The van der Waals surface area contributed by atoms with E-state index in [1.807, 2.05) is 0 Å². The lowest BCUT2D eigenvalue weighted by Gasteiger charge is -2.07. The van der Waals surface area contributed by atoms with Crippen LogP contribution < -0.4 is 5.32 Å². The number of carbonyl (C=O) groups is 2. The first-order valence-corrected chi connectivity index (χ1v) is 4.65. The minimum atomic E-state index is -1.09. The van der Waals surface area contributed by atoms with Crippen molar-refractivity contribution in [3.8, 4) is 0 Å². The van der Waals surface area contributed by atoms with Crippen molar-refractivity contribution in [2.75, 3.05) is 6.54 Å². The summed E-state index contributed by atoms with van der Waals surface area (Å²) in [7, 11) is 0. The van der Waals surface area contributed by atoms with Gasteiger partial charge in [-0.05, 0) is 18.6 Å². The van der Waals surface area contributed by atoms with E-state index in [4.69, 9.17) is 16.7 Å². The number of aliphatic carboxylic acids is 1. The van der Waals surface area contributed by atoms with Gasteiger partial charge >= 0.3 is 5.97 Å². The molecule has 15 heavy (non-hydrogen) atoms. The molecule has 0 aromatic heterocycles. The van der Waals surface area contributed by atoms with Gasteiger partial charge in [0, 0.05) is 0 Å². The van der Waals surface area contributed by atoms with Crippen molar-refractivity contribution in [1.82, 2.24) is 5.32 Å². The van der Waals surface area contributed by atoms with Crippen LogP contribution in [-0.4, -0.2) is 23.5 Å². The second-order valence-corrected chi connectivity index (χ2v) is 3.42. The van der Waals surface area contributed by atoms with Crippen LogP contribution in [0.1, 0.15) is 15.9 Å². The Morgan fingerprint density at radius 3 is 2.67 bits per heavy atom. The quantitative estimate of drug-likeness (QED) is 0.822. The molecule has 0 radical (unpaired) electrons. The van der Waals surface area contributed by atoms with Gasteiger partial charge in [-0.15, -0.1) is 0 Å². The van der Waals surface area contributed by atoms with Crippen LogP contribution in [0.15, 0.2) is 18.2 Å². The summed E-state index contributed by atoms with van der Waals surface area (Å²) < 4.78 is 0. The van der Waals surface area contributed by atoms with Gasteiger partial charge in [0.1, 0.15) is 6.54 Å². The van der Waals surface area contributed by atoms with Crippen LogP contribution in [-0.2, 0) is 4.79 Å². The molecule has 0 bridgehead atoms. The lowest BCUT2D eigenvalue weighted by atomic mass is 10.1. The van der Waals surface area contributed by atoms with Gasteiger partial charge in [0.05, 0.1) is 10.6 Å². The number of hydrogen-bond acceptors (Lipinski definition) is 2. The van der Waals surface area contributed by atoms with E-state index in [9.17, 15) is 9.59 Å². The largest absolute Gasteiger partial charge is 0.480 e. The van der Waals surface area contributed by atoms with Crippen molar-refractivity contribution >= 4 is 23.5 Å². The topological polar surface area (TPSA) is 66.4 Å². The number of nitrogens with one attached hydrogen (secondary N) is 1. The van der Waals surface area contributed by atoms with E-state index in [-0.39, 0.29) is 0 Å². The highest BCUT2D eigenvalue weighted by atomic mass is 35.5. The average molecular weight is 228 g/mol. The van der Waals surface area contributed by atoms with Gasteiger partial charge in [-0.1, -0.05) is 23.7 Å². The van der Waals surface area contributed by atoms with E-state index in [2.05, 4.69) is 5.32 Å². The molecule has 80 valence electrons. The number of hydrogen-bond donors (Lipinski definition) is 2. The lowest BCUT2D eigenvalue weighted by Crippen LogP contribution is -2.29. The summed E-state index contributed by atoms with van der Waals surface area (Å²) in [6.45, 7) is 1.32. The van der Waals surface area contributed by atoms with Crippen molar-refractivity contribution in [2.45, 2.75) is 6.92 Å². The van der Waals surface area contributed by atoms with Crippen molar-refractivity contribution in [3.63, 3.8) is 0 Å². The minimum Gasteiger partial charge on any atom is -0.480 e. The van der Waals surface area contributed by atoms with Gasteiger partial charge in [-0.2, -0.15) is 0 Å². The third kappa shape index (κ3) is 2.95. The van der Waals surface area contributed by atoms with Crippen LogP contribution in [0.3, 0.4) is 0 Å². The smallest absolute Gasteiger partial charge is 0.322 e. The average Bonchev–Trinajstić information content (AvgIpc) is 2.14. The molecule has 1 aromatic rings. The fourth-order valence-corrected chi connectivity index (χ4v) is 1.47. The Balaban J connectivity index is 2.86. The highest BCUT2D eigenvalue weighted by Gasteiger charge is 2.13. The van der Waals surface area contributed by atoms with Crippen LogP contribution in [0.25, 0.3) is 0 Å². The van der Waals surface area contributed by atoms with Crippen LogP contribution in [0.4, 0.5) is 0 Å². The molecule has 0 unspecified atom stereocenters. The van der Waals surface area contributed by atoms with E-state index in [0.717, 1.165) is 0 Å². The maximum Gasteiger partial charge on any atom is 0.322 e. The van der Waals surface area contributed by atoms with Crippen molar-refractivity contribution < 1.29 is 14.7 Å². The van der Waals surface area contributed by atoms with Gasteiger partial charge in [-0.3, -0.25) is 9.59 Å². The zero-order valence-electron chi connectivity index (χ0n) is 8.08. The van der Waals surface area contributed by atoms with E-state index in [1.165, 1.54) is 0 Å². The summed E-state index contributed by atoms with van der Waals surface area (Å²) in [4.78, 5) is 21.8. The second kappa shape index (κ2) is 4.79. The SMILES string of the molecule is Cc1cccc(Cl)c1C(=O)NCC(=O)O. The fourth-order valence-electron chi connectivity index (χ4n) is 1.16. The molecule has 0 fully saturated rings. The summed E-state index contributed by atoms with van der Waals surface area (Å²) >= 11 is 5.83. The molecular formula is C10H10ClNO3. The Labute approximate surface area is 91.9 Å². The molecule has 1 aromatic carbocycles. The standard InChI is InChI=1S/C10H10ClNO3/c1-6-3-2-4-7(11)9(6)10(15)12-5-8(13)14/h2-4H,5H2,1H3,(H,12,15)(H,13,14). The number of carboxylic acids is 1. The van der Waals surface area contributed by atoms with Crippen LogP contribution >= 0.6 is 11.6 Å². The molecule has 0 aliphatic heterocycles. The number of amides is 1. The molecule has 0 saturated heterocycles. The summed E-state index contributed by atoms with van der Waals surface area (Å²) in [5.74, 6) is -1.56. The van der Waals surface area contributed by atoms with Crippen molar-refractivity contribution in [2.24, 2.45) is 0 Å². The fraction of sp³-hybridized carbons (Fsp3) is 0.200. The molecule has 1 amide bonds. The van der Waals surface area contributed by atoms with Crippen molar-refractivity contribution in [1.29, 1.82) is 0 Å². The maximum atomic E-state index is 11.5. The van der Waals surface area contributed by atoms with Crippen LogP contribution in [0.5, 0.6) is 0 Å². The predicted molar refractivity (Wildman–Crippen MR) is 56.2 cm³/mol. The first-order chi connectivity index (χ1) is 7.02. The first kappa shape index (κ1) is 11.5. The van der Waals surface area contributed by atoms with E-state index in [0.29, 0.717) is 16.1 Å². The van der Waals surface area contributed by atoms with Crippen LogP contribution in [0.2, 0.25) is 5.02 Å². The zero-order chi connectivity index (χ0) is 11.4. The normalized spacial score (nSPS) is 9.73. The number of carboxylic acid groups (broad SMARTS) is 1. The molecule has 0 aliphatic rings. The van der Waals surface area contributed by atoms with Crippen LogP contribution in [0, 0.1) is 6.92 Å². The molecule has 4 nitrogen and oxygen atoms in total. The van der Waals surface area contributed by atoms with E-state index >= 15 is 0 Å². The Kier molecular flexibility index (Phi) is 3.68. The van der Waals surface area contributed by atoms with Gasteiger partial charge in [0.25, 0.3) is 5.91 Å². The summed E-state index contributed by atoms with van der Waals surface area (Å²) in [6, 6.07) is 5.05. The number of rotatable bonds is 3. The number of benzene rings is 1. The molecule has 1 rings (SSSR count). The Bertz CT molecular complexity index is 383. The van der Waals surface area contributed by atoms with Gasteiger partial charge < -0.3 is 10.4 Å². The van der Waals surface area contributed by atoms with Gasteiger partial charge in [0.2, 0.25) is 0 Å². The first-order valence-electron chi connectivity index (χ1n) is 4.27. The molecule has 0 atom stereocenters. The zero-order valence-corrected chi connectivity index (χ0v) is 8.84. The van der Waals surface area contributed by atoms with E-state index < -0.39 is 18.4 Å². The van der Waals surface area contributed by atoms with Gasteiger partial charge in [0.15, 0.2) is 0 Å². The van der Waals surface area contributed by atoms with Crippen molar-refractivity contribution in [3.05, 3.63) is 34.3 Å². The molecule has 0 spiro atoms. The maximum absolute atomic E-state index is 11.5. The Morgan fingerprint density at radius 1 is 1.47 bits per heavy atom. The Morgan fingerprint density at radius 2 is 2.13 bits per heavy atom. The second-order valence-electron chi connectivity index (χ2n) is 3.01. The number of carbonyl (C=O) groups excluding carboxylic acids is 1. The highest BCUT2D eigenvalue weighted by Crippen LogP contribution is 2.18. The summed E-state index contributed by atoms with van der Waals surface area (Å²) in [5, 5.41) is 11.0. The third-order valence-electron chi connectivity index (χ3n) is 1.85. The molecular weight excluding hydrogens is 218 g/mol. The molecule has 0 aliphatic carbocycles. The molecule has 0 saturated carbocycles. The Hall–Kier alpha value is -1.55. The highest BCUT2D eigenvalue weighted by molar-refractivity contribution is 6.34. The number of aryl methyl sites for hydroxylation is 1. The summed E-state index contributed by atoms with van der Waals surface area (Å²) in [6.07, 6.45) is 0. The molecule has 5 heteroatoms. The third-order valence-corrected chi connectivity index (χ3v) is 2.16. The lowest BCUT2D eigenvalue weighted by molar-refractivity contribution is -0.135. The molecule has 2 N–H and O–H groups in total. The van der Waals surface area contributed by atoms with E-state index in [1.54, 1.807) is 25.1 Å². The minimum absolute atomic E-state index is 0.317. The monoisotopic (exact) mass is 227 g/mol. The van der Waals surface area contributed by atoms with Gasteiger partial charge in [-0.25, -0.2) is 0 Å². The predicted octanol–water partition coefficient (Wildman–Crippen LogP) is 1.46.